The molecule has 1 unspecified atom stereocenters. The van der Waals surface area contributed by atoms with E-state index in [2.05, 4.69) is 15.6 Å². The minimum Gasteiger partial charge on any atom is -0.378 e. The van der Waals surface area contributed by atoms with Crippen molar-refractivity contribution in [1.29, 1.82) is 0 Å². The maximum atomic E-state index is 12.1. The summed E-state index contributed by atoms with van der Waals surface area (Å²) in [5, 5.41) is 10.8. The Morgan fingerprint density at radius 1 is 1.56 bits per heavy atom. The molecule has 1 aliphatic rings. The number of aryl methyl sites for hydroxylation is 1. The fourth-order valence-electron chi connectivity index (χ4n) is 1.87. The van der Waals surface area contributed by atoms with Crippen molar-refractivity contribution in [2.75, 3.05) is 26.3 Å². The van der Waals surface area contributed by atoms with Crippen molar-refractivity contribution in [3.8, 4) is 0 Å². The Hall–Kier alpha value is -1.47. The minimum atomic E-state index is -0.210. The number of hydrogen-bond acceptors (Lipinski definition) is 5. The number of hydrogen-bond donors (Lipinski definition) is 1. The van der Waals surface area contributed by atoms with Crippen molar-refractivity contribution in [3.63, 3.8) is 0 Å². The summed E-state index contributed by atoms with van der Waals surface area (Å²) in [5.41, 5.74) is 0.955. The van der Waals surface area contributed by atoms with E-state index in [9.17, 15) is 4.79 Å². The van der Waals surface area contributed by atoms with Crippen molar-refractivity contribution in [2.45, 2.75) is 19.5 Å². The van der Waals surface area contributed by atoms with Crippen molar-refractivity contribution in [3.05, 3.63) is 11.9 Å². The molecule has 0 aliphatic carbocycles. The molecule has 7 nitrogen and oxygen atoms in total. The van der Waals surface area contributed by atoms with Crippen molar-refractivity contribution in [1.82, 2.24) is 25.2 Å². The van der Waals surface area contributed by atoms with Crippen LogP contribution in [0, 0.1) is 0 Å². The maximum absolute atomic E-state index is 12.1. The van der Waals surface area contributed by atoms with E-state index in [-0.39, 0.29) is 11.9 Å². The molecule has 0 saturated carbocycles. The number of ether oxygens (including phenoxy) is 1. The first-order valence-corrected chi connectivity index (χ1v) is 6.12. The SMILES string of the molecule is CC(NCc1cnnn1C)C(=O)N1CCOCC1. The molecule has 0 aromatic carbocycles. The Labute approximate surface area is 106 Å². The number of amides is 1. The summed E-state index contributed by atoms with van der Waals surface area (Å²) in [6.45, 7) is 5.08. The lowest BCUT2D eigenvalue weighted by Gasteiger charge is -2.29. The molecule has 0 bridgehead atoms. The summed E-state index contributed by atoms with van der Waals surface area (Å²) in [7, 11) is 1.83. The maximum Gasteiger partial charge on any atom is 0.239 e. The first-order valence-electron chi connectivity index (χ1n) is 6.12. The first kappa shape index (κ1) is 13.0. The van der Waals surface area contributed by atoms with Gasteiger partial charge in [0.05, 0.1) is 31.1 Å². The Balaban J connectivity index is 1.82. The van der Waals surface area contributed by atoms with E-state index in [1.54, 1.807) is 10.9 Å². The average Bonchev–Trinajstić information content (AvgIpc) is 2.81. The van der Waals surface area contributed by atoms with Gasteiger partial charge in [0.2, 0.25) is 5.91 Å². The van der Waals surface area contributed by atoms with Gasteiger partial charge in [0, 0.05) is 26.7 Å². The van der Waals surface area contributed by atoms with Gasteiger partial charge in [-0.2, -0.15) is 0 Å². The van der Waals surface area contributed by atoms with Crippen molar-refractivity contribution < 1.29 is 9.53 Å². The topological polar surface area (TPSA) is 72.3 Å². The second kappa shape index (κ2) is 5.92. The summed E-state index contributed by atoms with van der Waals surface area (Å²) in [4.78, 5) is 13.9. The number of carbonyl (C=O) groups excluding carboxylic acids is 1. The van der Waals surface area contributed by atoms with Gasteiger partial charge in [-0.15, -0.1) is 5.10 Å². The summed E-state index contributed by atoms with van der Waals surface area (Å²) < 4.78 is 6.92. The van der Waals surface area contributed by atoms with Crippen LogP contribution in [-0.4, -0.2) is 58.1 Å². The Bertz CT molecular complexity index is 400. The highest BCUT2D eigenvalue weighted by atomic mass is 16.5. The van der Waals surface area contributed by atoms with Crippen LogP contribution in [0.15, 0.2) is 6.20 Å². The van der Waals surface area contributed by atoms with Crippen LogP contribution < -0.4 is 5.32 Å². The predicted octanol–water partition coefficient (Wildman–Crippen LogP) is -0.848. The summed E-state index contributed by atoms with van der Waals surface area (Å²) in [6.07, 6.45) is 1.69. The molecule has 2 rings (SSSR count). The Kier molecular flexibility index (Phi) is 4.27. The third-order valence-electron chi connectivity index (χ3n) is 3.09. The lowest BCUT2D eigenvalue weighted by Crippen LogP contribution is -2.49. The Morgan fingerprint density at radius 3 is 2.89 bits per heavy atom. The minimum absolute atomic E-state index is 0.119. The van der Waals surface area contributed by atoms with Crippen LogP contribution in [0.4, 0.5) is 0 Å². The van der Waals surface area contributed by atoms with Crippen LogP contribution in [0.1, 0.15) is 12.6 Å². The standard InChI is InChI=1S/C11H19N5O2/c1-9(11(17)16-3-5-18-6-4-16)12-7-10-8-13-14-15(10)2/h8-9,12H,3-7H2,1-2H3. The molecular weight excluding hydrogens is 234 g/mol. The number of nitrogens with zero attached hydrogens (tertiary/aromatic N) is 4. The van der Waals surface area contributed by atoms with Crippen molar-refractivity contribution in [2.24, 2.45) is 7.05 Å². The van der Waals surface area contributed by atoms with E-state index < -0.39 is 0 Å². The molecule has 18 heavy (non-hydrogen) atoms. The van der Waals surface area contributed by atoms with E-state index in [1.165, 1.54) is 0 Å². The lowest BCUT2D eigenvalue weighted by molar-refractivity contribution is -0.137. The van der Waals surface area contributed by atoms with Crippen LogP contribution in [0.3, 0.4) is 0 Å². The van der Waals surface area contributed by atoms with E-state index in [0.717, 1.165) is 5.69 Å². The number of carbonyl (C=O) groups is 1. The number of aromatic nitrogens is 3. The van der Waals surface area contributed by atoms with Crippen LogP contribution in [0.5, 0.6) is 0 Å². The zero-order chi connectivity index (χ0) is 13.0. The molecule has 0 spiro atoms. The monoisotopic (exact) mass is 253 g/mol. The molecule has 100 valence electrons. The number of nitrogens with one attached hydrogen (secondary N) is 1. The third-order valence-corrected chi connectivity index (χ3v) is 3.09. The number of rotatable bonds is 4. The molecule has 1 aromatic heterocycles. The normalized spacial score (nSPS) is 17.8. The molecule has 1 aromatic rings. The highest BCUT2D eigenvalue weighted by Crippen LogP contribution is 2.01. The van der Waals surface area contributed by atoms with Crippen molar-refractivity contribution >= 4 is 5.91 Å². The third kappa shape index (κ3) is 3.05. The van der Waals surface area contributed by atoms with Gasteiger partial charge < -0.3 is 15.0 Å². The van der Waals surface area contributed by atoms with Crippen LogP contribution >= 0.6 is 0 Å². The molecule has 7 heteroatoms. The quantitative estimate of drug-likeness (QED) is 0.757. The average molecular weight is 253 g/mol. The molecule has 1 amide bonds. The van der Waals surface area contributed by atoms with Crippen LogP contribution in [-0.2, 0) is 23.1 Å². The van der Waals surface area contributed by atoms with Crippen LogP contribution in [0.2, 0.25) is 0 Å². The smallest absolute Gasteiger partial charge is 0.239 e. The highest BCUT2D eigenvalue weighted by Gasteiger charge is 2.22. The van der Waals surface area contributed by atoms with E-state index in [4.69, 9.17) is 4.74 Å². The van der Waals surface area contributed by atoms with Gasteiger partial charge in [-0.25, -0.2) is 0 Å². The lowest BCUT2D eigenvalue weighted by atomic mass is 10.2. The van der Waals surface area contributed by atoms with Gasteiger partial charge in [-0.1, -0.05) is 5.21 Å². The Morgan fingerprint density at radius 2 is 2.28 bits per heavy atom. The molecule has 1 saturated heterocycles. The summed E-state index contributed by atoms with van der Waals surface area (Å²) >= 11 is 0. The predicted molar refractivity (Wildman–Crippen MR) is 64.7 cm³/mol. The zero-order valence-electron chi connectivity index (χ0n) is 10.8. The van der Waals surface area contributed by atoms with Gasteiger partial charge in [0.25, 0.3) is 0 Å². The first-order chi connectivity index (χ1) is 8.68. The van der Waals surface area contributed by atoms with Gasteiger partial charge >= 0.3 is 0 Å². The van der Waals surface area contributed by atoms with Gasteiger partial charge in [-0.05, 0) is 6.92 Å². The number of morpholine rings is 1. The molecular formula is C11H19N5O2. The van der Waals surface area contributed by atoms with E-state index in [0.29, 0.717) is 32.8 Å². The fraction of sp³-hybridized carbons (Fsp3) is 0.727. The molecule has 2 heterocycles. The van der Waals surface area contributed by atoms with Gasteiger partial charge in [-0.3, -0.25) is 9.48 Å². The summed E-state index contributed by atoms with van der Waals surface area (Å²) in [5.74, 6) is 0.119. The molecule has 1 fully saturated rings. The summed E-state index contributed by atoms with van der Waals surface area (Å²) in [6, 6.07) is -0.210. The molecule has 1 aliphatic heterocycles. The fourth-order valence-corrected chi connectivity index (χ4v) is 1.87. The van der Waals surface area contributed by atoms with E-state index >= 15 is 0 Å². The van der Waals surface area contributed by atoms with Crippen LogP contribution in [0.25, 0.3) is 0 Å². The zero-order valence-corrected chi connectivity index (χ0v) is 10.8. The largest absolute Gasteiger partial charge is 0.378 e. The van der Waals surface area contributed by atoms with Gasteiger partial charge in [0.1, 0.15) is 0 Å². The highest BCUT2D eigenvalue weighted by molar-refractivity contribution is 5.81. The molecule has 1 N–H and O–H groups in total. The van der Waals surface area contributed by atoms with Gasteiger partial charge in [0.15, 0.2) is 0 Å². The second-order valence-corrected chi connectivity index (χ2v) is 4.39. The molecule has 1 atom stereocenters. The second-order valence-electron chi connectivity index (χ2n) is 4.39. The van der Waals surface area contributed by atoms with E-state index in [1.807, 2.05) is 18.9 Å². The molecule has 0 radical (unpaired) electrons.